The van der Waals surface area contributed by atoms with Crippen molar-refractivity contribution in [3.05, 3.63) is 29.6 Å². The van der Waals surface area contributed by atoms with Crippen molar-refractivity contribution in [3.63, 3.8) is 0 Å². The highest BCUT2D eigenvalue weighted by Crippen LogP contribution is 2.25. The molecule has 0 radical (unpaired) electrons. The molecule has 1 saturated heterocycles. The highest BCUT2D eigenvalue weighted by Gasteiger charge is 2.25. The molecule has 0 spiro atoms. The number of anilines is 1. The number of benzene rings is 1. The first-order valence-corrected chi connectivity index (χ1v) is 8.18. The third-order valence-corrected chi connectivity index (χ3v) is 4.70. The van der Waals surface area contributed by atoms with Gasteiger partial charge in [0.15, 0.2) is 0 Å². The van der Waals surface area contributed by atoms with Crippen LogP contribution in [0.15, 0.2) is 18.2 Å². The van der Waals surface area contributed by atoms with E-state index in [1.165, 1.54) is 6.07 Å². The average Bonchev–Trinajstić information content (AvgIpc) is 3.03. The molecule has 1 heterocycles. The molecule has 2 fully saturated rings. The van der Waals surface area contributed by atoms with Crippen molar-refractivity contribution in [1.82, 2.24) is 5.32 Å². The molecule has 0 aromatic heterocycles. The van der Waals surface area contributed by atoms with Crippen LogP contribution in [-0.4, -0.2) is 36.2 Å². The maximum Gasteiger partial charge on any atom is 0.251 e. The van der Waals surface area contributed by atoms with Gasteiger partial charge in [-0.05, 0) is 43.9 Å². The molecule has 22 heavy (non-hydrogen) atoms. The summed E-state index contributed by atoms with van der Waals surface area (Å²) < 4.78 is 14.2. The average molecular weight is 306 g/mol. The number of aliphatic hydroxyl groups is 1. The molecule has 1 aliphatic carbocycles. The van der Waals surface area contributed by atoms with Crippen molar-refractivity contribution in [2.75, 3.05) is 18.0 Å². The van der Waals surface area contributed by atoms with Crippen LogP contribution in [0.1, 0.15) is 48.9 Å². The topological polar surface area (TPSA) is 52.6 Å². The summed E-state index contributed by atoms with van der Waals surface area (Å²) in [4.78, 5) is 14.3. The number of nitrogens with one attached hydrogen (secondary N) is 1. The summed E-state index contributed by atoms with van der Waals surface area (Å²) >= 11 is 0. The molecule has 4 nitrogen and oxygen atoms in total. The first-order chi connectivity index (χ1) is 10.6. The summed E-state index contributed by atoms with van der Waals surface area (Å²) in [5, 5.41) is 12.7. The summed E-state index contributed by atoms with van der Waals surface area (Å²) in [5.74, 6) is -0.656. The van der Waals surface area contributed by atoms with Crippen LogP contribution in [0.3, 0.4) is 0 Å². The lowest BCUT2D eigenvalue weighted by Gasteiger charge is -2.28. The summed E-state index contributed by atoms with van der Waals surface area (Å²) in [6, 6.07) is 4.44. The number of carbonyl (C=O) groups is 1. The molecule has 1 saturated carbocycles. The first-order valence-electron chi connectivity index (χ1n) is 8.18. The third kappa shape index (κ3) is 3.24. The Bertz CT molecular complexity index is 543. The van der Waals surface area contributed by atoms with Crippen molar-refractivity contribution in [2.45, 2.75) is 50.7 Å². The van der Waals surface area contributed by atoms with Gasteiger partial charge in [0.2, 0.25) is 0 Å². The van der Waals surface area contributed by atoms with Gasteiger partial charge in [0, 0.05) is 18.7 Å². The van der Waals surface area contributed by atoms with E-state index in [4.69, 9.17) is 0 Å². The van der Waals surface area contributed by atoms with Gasteiger partial charge in [-0.15, -0.1) is 0 Å². The molecular formula is C17H23FN2O2. The lowest BCUT2D eigenvalue weighted by molar-refractivity contribution is 0.0717. The molecule has 1 aromatic carbocycles. The van der Waals surface area contributed by atoms with Crippen LogP contribution < -0.4 is 10.2 Å². The zero-order chi connectivity index (χ0) is 15.5. The lowest BCUT2D eigenvalue weighted by atomic mass is 9.92. The fraction of sp³-hybridized carbons (Fsp3) is 0.588. The first kappa shape index (κ1) is 15.3. The zero-order valence-corrected chi connectivity index (χ0v) is 12.7. The van der Waals surface area contributed by atoms with Crippen LogP contribution in [-0.2, 0) is 0 Å². The normalized spacial score (nSPS) is 25.3. The van der Waals surface area contributed by atoms with Gasteiger partial charge in [-0.2, -0.15) is 0 Å². The number of carbonyl (C=O) groups excluding carboxylic acids is 1. The van der Waals surface area contributed by atoms with Gasteiger partial charge < -0.3 is 15.3 Å². The maximum absolute atomic E-state index is 14.2. The minimum atomic E-state index is -0.494. The second-order valence-electron chi connectivity index (χ2n) is 6.29. The van der Waals surface area contributed by atoms with Gasteiger partial charge >= 0.3 is 0 Å². The van der Waals surface area contributed by atoms with Crippen LogP contribution >= 0.6 is 0 Å². The fourth-order valence-corrected chi connectivity index (χ4v) is 3.39. The quantitative estimate of drug-likeness (QED) is 0.902. The molecule has 0 unspecified atom stereocenters. The summed E-state index contributed by atoms with van der Waals surface area (Å²) in [5.41, 5.74) is 0.893. The van der Waals surface area contributed by atoms with Crippen LogP contribution in [0.2, 0.25) is 0 Å². The summed E-state index contributed by atoms with van der Waals surface area (Å²) in [6.07, 6.45) is 5.17. The second kappa shape index (κ2) is 6.65. The highest BCUT2D eigenvalue weighted by molar-refractivity contribution is 5.94. The van der Waals surface area contributed by atoms with Gasteiger partial charge in [-0.25, -0.2) is 4.39 Å². The molecule has 0 bridgehead atoms. The molecule has 5 heteroatoms. The third-order valence-electron chi connectivity index (χ3n) is 4.70. The van der Waals surface area contributed by atoms with Crippen LogP contribution in [0.25, 0.3) is 0 Å². The van der Waals surface area contributed by atoms with Gasteiger partial charge in [0.25, 0.3) is 5.91 Å². The van der Waals surface area contributed by atoms with E-state index in [0.717, 1.165) is 45.2 Å². The molecule has 2 aliphatic rings. The van der Waals surface area contributed by atoms with Gasteiger partial charge in [0.1, 0.15) is 5.82 Å². The smallest absolute Gasteiger partial charge is 0.251 e. The van der Waals surface area contributed by atoms with E-state index in [9.17, 15) is 14.3 Å². The van der Waals surface area contributed by atoms with Crippen LogP contribution in [0.4, 0.5) is 10.1 Å². The van der Waals surface area contributed by atoms with E-state index < -0.39 is 6.10 Å². The Hall–Kier alpha value is -1.62. The molecule has 1 aromatic rings. The Labute approximate surface area is 130 Å². The number of halogens is 1. The number of rotatable bonds is 3. The monoisotopic (exact) mass is 306 g/mol. The Balaban J connectivity index is 1.68. The Kier molecular flexibility index (Phi) is 4.62. The van der Waals surface area contributed by atoms with E-state index in [0.29, 0.717) is 17.7 Å². The predicted octanol–water partition coefficient (Wildman–Crippen LogP) is 2.46. The Morgan fingerprint density at radius 3 is 2.59 bits per heavy atom. The fourth-order valence-electron chi connectivity index (χ4n) is 3.39. The Morgan fingerprint density at radius 1 is 1.18 bits per heavy atom. The van der Waals surface area contributed by atoms with Crippen LogP contribution in [0.5, 0.6) is 0 Å². The van der Waals surface area contributed by atoms with Gasteiger partial charge in [-0.1, -0.05) is 12.8 Å². The van der Waals surface area contributed by atoms with Crippen molar-refractivity contribution in [1.29, 1.82) is 0 Å². The molecule has 1 aliphatic heterocycles. The minimum absolute atomic E-state index is 0.220. The summed E-state index contributed by atoms with van der Waals surface area (Å²) in [6.45, 7) is 1.74. The molecule has 120 valence electrons. The summed E-state index contributed by atoms with van der Waals surface area (Å²) in [7, 11) is 0. The second-order valence-corrected chi connectivity index (χ2v) is 6.29. The van der Waals surface area contributed by atoms with Gasteiger partial charge in [0.05, 0.1) is 17.8 Å². The van der Waals surface area contributed by atoms with Crippen molar-refractivity contribution in [2.24, 2.45) is 0 Å². The molecule has 1 amide bonds. The number of hydrogen-bond donors (Lipinski definition) is 2. The number of aliphatic hydroxyl groups excluding tert-OH is 1. The molecule has 3 rings (SSSR count). The number of nitrogens with zero attached hydrogens (tertiary/aromatic N) is 1. The lowest BCUT2D eigenvalue weighted by Crippen LogP contribution is -2.45. The molecule has 2 N–H and O–H groups in total. The SMILES string of the molecule is O=C(N[C@H]1CCCC[C@@H]1O)c1ccc(N2CCCC2)c(F)c1. The van der Waals surface area contributed by atoms with Crippen molar-refractivity contribution < 1.29 is 14.3 Å². The van der Waals surface area contributed by atoms with Crippen molar-refractivity contribution >= 4 is 11.6 Å². The number of hydrogen-bond acceptors (Lipinski definition) is 3. The highest BCUT2D eigenvalue weighted by atomic mass is 19.1. The zero-order valence-electron chi connectivity index (χ0n) is 12.7. The number of amides is 1. The van der Waals surface area contributed by atoms with E-state index in [1.54, 1.807) is 12.1 Å². The molecular weight excluding hydrogens is 283 g/mol. The Morgan fingerprint density at radius 2 is 1.91 bits per heavy atom. The van der Waals surface area contributed by atoms with E-state index in [1.807, 2.05) is 4.90 Å². The maximum atomic E-state index is 14.2. The largest absolute Gasteiger partial charge is 0.391 e. The van der Waals surface area contributed by atoms with Crippen LogP contribution in [0, 0.1) is 5.82 Å². The van der Waals surface area contributed by atoms with E-state index >= 15 is 0 Å². The predicted molar refractivity (Wildman–Crippen MR) is 83.6 cm³/mol. The minimum Gasteiger partial charge on any atom is -0.391 e. The van der Waals surface area contributed by atoms with E-state index in [2.05, 4.69) is 5.32 Å². The molecule has 2 atom stereocenters. The van der Waals surface area contributed by atoms with E-state index in [-0.39, 0.29) is 17.8 Å². The van der Waals surface area contributed by atoms with Gasteiger partial charge in [-0.3, -0.25) is 4.79 Å². The van der Waals surface area contributed by atoms with Crippen molar-refractivity contribution in [3.8, 4) is 0 Å². The standard InChI is InChI=1S/C17H23FN2O2/c18-13-11-12(7-8-15(13)20-9-3-4-10-20)17(22)19-14-5-1-2-6-16(14)21/h7-8,11,14,16,21H,1-6,9-10H2,(H,19,22)/t14-,16-/m0/s1.